The van der Waals surface area contributed by atoms with Crippen LogP contribution in [-0.2, 0) is 6.42 Å². The predicted octanol–water partition coefficient (Wildman–Crippen LogP) is 3.80. The molecule has 1 aromatic carbocycles. The summed E-state index contributed by atoms with van der Waals surface area (Å²) in [5.41, 5.74) is 1.39. The molecule has 0 aliphatic carbocycles. The van der Waals surface area contributed by atoms with E-state index in [1.54, 1.807) is 0 Å². The summed E-state index contributed by atoms with van der Waals surface area (Å²) < 4.78 is 5.83. The molecule has 0 radical (unpaired) electrons. The summed E-state index contributed by atoms with van der Waals surface area (Å²) in [7, 11) is 0. The summed E-state index contributed by atoms with van der Waals surface area (Å²) in [5.74, 6) is 0.978. The van der Waals surface area contributed by atoms with Crippen LogP contribution in [0.2, 0.25) is 0 Å². The SMILES string of the molecule is CCCNC(CC)COc1ccc(CCC)cc1. The van der Waals surface area contributed by atoms with Gasteiger partial charge in [-0.15, -0.1) is 0 Å². The number of nitrogens with one attached hydrogen (secondary N) is 1. The number of hydrogen-bond donors (Lipinski definition) is 1. The Morgan fingerprint density at radius 1 is 1.06 bits per heavy atom. The van der Waals surface area contributed by atoms with Gasteiger partial charge in [0.25, 0.3) is 0 Å². The van der Waals surface area contributed by atoms with E-state index in [0.717, 1.165) is 31.7 Å². The minimum absolute atomic E-state index is 0.459. The Hall–Kier alpha value is -1.02. The van der Waals surface area contributed by atoms with Gasteiger partial charge in [0.05, 0.1) is 0 Å². The maximum Gasteiger partial charge on any atom is 0.119 e. The van der Waals surface area contributed by atoms with Crippen LogP contribution in [0.5, 0.6) is 5.75 Å². The Morgan fingerprint density at radius 3 is 2.33 bits per heavy atom. The molecule has 2 nitrogen and oxygen atoms in total. The van der Waals surface area contributed by atoms with E-state index < -0.39 is 0 Å². The van der Waals surface area contributed by atoms with Crippen molar-refractivity contribution in [1.82, 2.24) is 5.32 Å². The Kier molecular flexibility index (Phi) is 7.51. The topological polar surface area (TPSA) is 21.3 Å². The highest BCUT2D eigenvalue weighted by atomic mass is 16.5. The molecule has 1 aromatic rings. The Balaban J connectivity index is 2.37. The molecule has 0 saturated heterocycles. The summed E-state index contributed by atoms with van der Waals surface area (Å²) in [6.45, 7) is 8.41. The molecule has 102 valence electrons. The van der Waals surface area contributed by atoms with Crippen LogP contribution in [0.25, 0.3) is 0 Å². The minimum Gasteiger partial charge on any atom is -0.492 e. The van der Waals surface area contributed by atoms with Gasteiger partial charge in [-0.2, -0.15) is 0 Å². The molecule has 2 heteroatoms. The lowest BCUT2D eigenvalue weighted by Gasteiger charge is -2.17. The third-order valence-corrected chi connectivity index (χ3v) is 3.09. The summed E-state index contributed by atoms with van der Waals surface area (Å²) in [5, 5.41) is 3.50. The highest BCUT2D eigenvalue weighted by Gasteiger charge is 2.05. The van der Waals surface area contributed by atoms with Crippen LogP contribution in [0.1, 0.15) is 45.6 Å². The predicted molar refractivity (Wildman–Crippen MR) is 78.3 cm³/mol. The van der Waals surface area contributed by atoms with E-state index in [-0.39, 0.29) is 0 Å². The van der Waals surface area contributed by atoms with Crippen molar-refractivity contribution in [2.45, 2.75) is 52.5 Å². The van der Waals surface area contributed by atoms with E-state index in [9.17, 15) is 0 Å². The molecule has 0 amide bonds. The first kappa shape index (κ1) is 15.0. The van der Waals surface area contributed by atoms with Crippen LogP contribution in [0.3, 0.4) is 0 Å². The highest BCUT2D eigenvalue weighted by Crippen LogP contribution is 2.13. The molecule has 1 rings (SSSR count). The van der Waals surface area contributed by atoms with Crippen molar-refractivity contribution in [1.29, 1.82) is 0 Å². The van der Waals surface area contributed by atoms with Crippen molar-refractivity contribution in [3.63, 3.8) is 0 Å². The molecule has 18 heavy (non-hydrogen) atoms. The lowest BCUT2D eigenvalue weighted by molar-refractivity contribution is 0.260. The van der Waals surface area contributed by atoms with E-state index in [4.69, 9.17) is 4.74 Å². The monoisotopic (exact) mass is 249 g/mol. The zero-order chi connectivity index (χ0) is 13.2. The number of rotatable bonds is 9. The van der Waals surface area contributed by atoms with Gasteiger partial charge in [0.2, 0.25) is 0 Å². The lowest BCUT2D eigenvalue weighted by atomic mass is 10.1. The van der Waals surface area contributed by atoms with Gasteiger partial charge >= 0.3 is 0 Å². The standard InChI is InChI=1S/C16H27NO/c1-4-7-14-8-10-16(11-9-14)18-13-15(6-3)17-12-5-2/h8-11,15,17H,4-7,12-13H2,1-3H3. The fourth-order valence-electron chi connectivity index (χ4n) is 1.91. The first-order valence-electron chi connectivity index (χ1n) is 7.25. The van der Waals surface area contributed by atoms with Crippen LogP contribution in [-0.4, -0.2) is 19.2 Å². The molecule has 0 heterocycles. The smallest absolute Gasteiger partial charge is 0.119 e. The van der Waals surface area contributed by atoms with Gasteiger partial charge in [-0.05, 0) is 43.5 Å². The molecule has 0 saturated carbocycles. The fourth-order valence-corrected chi connectivity index (χ4v) is 1.91. The van der Waals surface area contributed by atoms with Crippen LogP contribution in [0, 0.1) is 0 Å². The van der Waals surface area contributed by atoms with Gasteiger partial charge in [-0.1, -0.05) is 39.3 Å². The van der Waals surface area contributed by atoms with Gasteiger partial charge in [0, 0.05) is 6.04 Å². The van der Waals surface area contributed by atoms with Gasteiger partial charge in [0.1, 0.15) is 12.4 Å². The molecule has 0 spiro atoms. The Labute approximate surface area is 112 Å². The first-order chi connectivity index (χ1) is 8.80. The van der Waals surface area contributed by atoms with Crippen molar-refractivity contribution < 1.29 is 4.74 Å². The Bertz CT molecular complexity index is 307. The molecule has 1 N–H and O–H groups in total. The molecule has 1 unspecified atom stereocenters. The second kappa shape index (κ2) is 8.98. The second-order valence-electron chi connectivity index (χ2n) is 4.76. The van der Waals surface area contributed by atoms with E-state index >= 15 is 0 Å². The Morgan fingerprint density at radius 2 is 1.78 bits per heavy atom. The number of benzene rings is 1. The van der Waals surface area contributed by atoms with Crippen molar-refractivity contribution in [3.8, 4) is 5.75 Å². The summed E-state index contributed by atoms with van der Waals surface area (Å²) in [6.07, 6.45) is 4.62. The first-order valence-corrected chi connectivity index (χ1v) is 7.25. The van der Waals surface area contributed by atoms with Crippen molar-refractivity contribution >= 4 is 0 Å². The number of aryl methyl sites for hydroxylation is 1. The van der Waals surface area contributed by atoms with Crippen LogP contribution < -0.4 is 10.1 Å². The molecule has 0 aliphatic rings. The average molecular weight is 249 g/mol. The van der Waals surface area contributed by atoms with Gasteiger partial charge in [-0.3, -0.25) is 0 Å². The molecular weight excluding hydrogens is 222 g/mol. The summed E-state index contributed by atoms with van der Waals surface area (Å²) in [6, 6.07) is 8.95. The maximum absolute atomic E-state index is 5.83. The third-order valence-electron chi connectivity index (χ3n) is 3.09. The second-order valence-corrected chi connectivity index (χ2v) is 4.76. The van der Waals surface area contributed by atoms with Crippen molar-refractivity contribution in [3.05, 3.63) is 29.8 Å². The zero-order valence-corrected chi connectivity index (χ0v) is 12.0. The van der Waals surface area contributed by atoms with Gasteiger partial charge in [0.15, 0.2) is 0 Å². The van der Waals surface area contributed by atoms with E-state index in [1.807, 2.05) is 0 Å². The average Bonchev–Trinajstić information content (AvgIpc) is 2.41. The summed E-state index contributed by atoms with van der Waals surface area (Å²) in [4.78, 5) is 0. The van der Waals surface area contributed by atoms with E-state index in [2.05, 4.69) is 50.4 Å². The van der Waals surface area contributed by atoms with Crippen LogP contribution in [0.15, 0.2) is 24.3 Å². The molecule has 0 bridgehead atoms. The molecule has 1 atom stereocenters. The number of hydrogen-bond acceptors (Lipinski definition) is 2. The molecule has 0 aromatic heterocycles. The lowest BCUT2D eigenvalue weighted by Crippen LogP contribution is -2.34. The largest absolute Gasteiger partial charge is 0.492 e. The maximum atomic E-state index is 5.83. The third kappa shape index (κ3) is 5.54. The molecule has 0 fully saturated rings. The summed E-state index contributed by atoms with van der Waals surface area (Å²) >= 11 is 0. The van der Waals surface area contributed by atoms with Gasteiger partial charge in [-0.25, -0.2) is 0 Å². The van der Waals surface area contributed by atoms with Crippen LogP contribution >= 0.6 is 0 Å². The van der Waals surface area contributed by atoms with Crippen LogP contribution in [0.4, 0.5) is 0 Å². The fraction of sp³-hybridized carbons (Fsp3) is 0.625. The quantitative estimate of drug-likeness (QED) is 0.719. The van der Waals surface area contributed by atoms with Crippen molar-refractivity contribution in [2.75, 3.05) is 13.2 Å². The molecular formula is C16H27NO. The zero-order valence-electron chi connectivity index (χ0n) is 12.0. The van der Waals surface area contributed by atoms with E-state index in [1.165, 1.54) is 18.4 Å². The van der Waals surface area contributed by atoms with E-state index in [0.29, 0.717) is 6.04 Å². The van der Waals surface area contributed by atoms with Gasteiger partial charge < -0.3 is 10.1 Å². The van der Waals surface area contributed by atoms with Crippen molar-refractivity contribution in [2.24, 2.45) is 0 Å². The molecule has 0 aliphatic heterocycles. The normalized spacial score (nSPS) is 12.4. The minimum atomic E-state index is 0.459. The highest BCUT2D eigenvalue weighted by molar-refractivity contribution is 5.27. The number of ether oxygens (including phenoxy) is 1.